The van der Waals surface area contributed by atoms with Crippen LogP contribution in [0, 0.1) is 0 Å². The molecule has 3 rings (SSSR count). The number of nitrogens with one attached hydrogen (secondary N) is 1. The zero-order chi connectivity index (χ0) is 13.2. The number of benzene rings is 2. The van der Waals surface area contributed by atoms with Gasteiger partial charge in [-0.3, -0.25) is 0 Å². The third-order valence-corrected chi connectivity index (χ3v) is 5.48. The van der Waals surface area contributed by atoms with E-state index in [0.29, 0.717) is 0 Å². The summed E-state index contributed by atoms with van der Waals surface area (Å²) in [5, 5.41) is 3.43. The summed E-state index contributed by atoms with van der Waals surface area (Å²) in [4.78, 5) is 4.28. The van der Waals surface area contributed by atoms with Crippen molar-refractivity contribution >= 4 is 59.1 Å². The van der Waals surface area contributed by atoms with Gasteiger partial charge in [0, 0.05) is 21.2 Å². The van der Waals surface area contributed by atoms with Crippen LogP contribution in [0.4, 0.5) is 5.69 Å². The Morgan fingerprint density at radius 3 is 2.79 bits per heavy atom. The van der Waals surface area contributed by atoms with Crippen LogP contribution in [0.2, 0.25) is 0 Å². The summed E-state index contributed by atoms with van der Waals surface area (Å²) in [5.41, 5.74) is 5.29. The van der Waals surface area contributed by atoms with Gasteiger partial charge in [0.1, 0.15) is 0 Å². The normalized spacial score (nSPS) is 10.8. The minimum absolute atomic E-state index is 0.802. The highest BCUT2D eigenvalue weighted by molar-refractivity contribution is 9.13. The molecule has 1 heterocycles. The van der Waals surface area contributed by atoms with Crippen molar-refractivity contribution < 1.29 is 0 Å². The van der Waals surface area contributed by atoms with E-state index in [1.807, 2.05) is 17.6 Å². The fourth-order valence-corrected chi connectivity index (χ4v) is 3.21. The van der Waals surface area contributed by atoms with Gasteiger partial charge in [0.2, 0.25) is 0 Å². The van der Waals surface area contributed by atoms with Gasteiger partial charge in [0.05, 0.1) is 15.7 Å². The summed E-state index contributed by atoms with van der Waals surface area (Å²) in [6.07, 6.45) is 0. The predicted molar refractivity (Wildman–Crippen MR) is 88.8 cm³/mol. The molecule has 0 fully saturated rings. The number of thiazole rings is 1. The Labute approximate surface area is 132 Å². The SMILES string of the molecule is Brc1ccc(CNc2ccc3ncsc3c2)cc1Br. The van der Waals surface area contributed by atoms with E-state index in [9.17, 15) is 0 Å². The van der Waals surface area contributed by atoms with E-state index in [2.05, 4.69) is 66.4 Å². The van der Waals surface area contributed by atoms with E-state index < -0.39 is 0 Å². The minimum atomic E-state index is 0.802. The molecule has 19 heavy (non-hydrogen) atoms. The van der Waals surface area contributed by atoms with Gasteiger partial charge in [-0.05, 0) is 67.8 Å². The van der Waals surface area contributed by atoms with Crippen LogP contribution >= 0.6 is 43.2 Å². The number of nitrogens with zero attached hydrogens (tertiary/aromatic N) is 1. The summed E-state index contributed by atoms with van der Waals surface area (Å²) < 4.78 is 3.36. The Balaban J connectivity index is 1.75. The Bertz CT molecular complexity index is 724. The van der Waals surface area contributed by atoms with Crippen LogP contribution in [0.25, 0.3) is 10.2 Å². The van der Waals surface area contributed by atoms with Crippen LogP contribution in [0.15, 0.2) is 50.9 Å². The van der Waals surface area contributed by atoms with Crippen molar-refractivity contribution in [2.24, 2.45) is 0 Å². The lowest BCUT2D eigenvalue weighted by molar-refractivity contribution is 1.15. The standard InChI is InChI=1S/C14H10Br2N2S/c15-11-3-1-9(5-12(11)16)7-17-10-2-4-13-14(6-10)19-8-18-13/h1-6,8,17H,7H2. The molecule has 0 aliphatic rings. The molecule has 0 bridgehead atoms. The maximum absolute atomic E-state index is 4.28. The van der Waals surface area contributed by atoms with Gasteiger partial charge in [-0.1, -0.05) is 6.07 Å². The highest BCUT2D eigenvalue weighted by Crippen LogP contribution is 2.25. The van der Waals surface area contributed by atoms with E-state index in [0.717, 1.165) is 26.7 Å². The molecule has 0 spiro atoms. The fraction of sp³-hybridized carbons (Fsp3) is 0.0714. The van der Waals surface area contributed by atoms with E-state index in [4.69, 9.17) is 0 Å². The van der Waals surface area contributed by atoms with Crippen molar-refractivity contribution in [3.05, 3.63) is 56.4 Å². The van der Waals surface area contributed by atoms with Gasteiger partial charge in [0.25, 0.3) is 0 Å². The van der Waals surface area contributed by atoms with Gasteiger partial charge in [0.15, 0.2) is 0 Å². The molecule has 0 aliphatic carbocycles. The number of fused-ring (bicyclic) bond motifs is 1. The summed E-state index contributed by atoms with van der Waals surface area (Å²) in [6, 6.07) is 12.5. The molecule has 0 saturated heterocycles. The first-order valence-electron chi connectivity index (χ1n) is 5.73. The maximum Gasteiger partial charge on any atom is 0.0813 e. The molecule has 0 aliphatic heterocycles. The molecule has 1 N–H and O–H groups in total. The number of hydrogen-bond donors (Lipinski definition) is 1. The summed E-state index contributed by atoms with van der Waals surface area (Å²) >= 11 is 8.66. The zero-order valence-corrected chi connectivity index (χ0v) is 13.8. The van der Waals surface area contributed by atoms with E-state index in [1.54, 1.807) is 11.3 Å². The molecule has 3 aromatic rings. The van der Waals surface area contributed by atoms with E-state index in [1.165, 1.54) is 10.3 Å². The Morgan fingerprint density at radius 2 is 1.95 bits per heavy atom. The van der Waals surface area contributed by atoms with Gasteiger partial charge < -0.3 is 5.32 Å². The molecule has 0 unspecified atom stereocenters. The Morgan fingerprint density at radius 1 is 1.05 bits per heavy atom. The average molecular weight is 398 g/mol. The molecule has 1 aromatic heterocycles. The lowest BCUT2D eigenvalue weighted by atomic mass is 10.2. The molecule has 2 nitrogen and oxygen atoms in total. The topological polar surface area (TPSA) is 24.9 Å². The monoisotopic (exact) mass is 396 g/mol. The van der Waals surface area contributed by atoms with Crippen molar-refractivity contribution in [2.75, 3.05) is 5.32 Å². The molecule has 0 atom stereocenters. The van der Waals surface area contributed by atoms with Crippen LogP contribution in [0.5, 0.6) is 0 Å². The first-order chi connectivity index (χ1) is 9.22. The van der Waals surface area contributed by atoms with Crippen molar-refractivity contribution in [1.82, 2.24) is 4.98 Å². The van der Waals surface area contributed by atoms with Crippen LogP contribution in [-0.4, -0.2) is 4.98 Å². The van der Waals surface area contributed by atoms with Gasteiger partial charge >= 0.3 is 0 Å². The summed E-state index contributed by atoms with van der Waals surface area (Å²) in [5.74, 6) is 0. The lowest BCUT2D eigenvalue weighted by Gasteiger charge is -2.07. The second kappa shape index (κ2) is 5.61. The van der Waals surface area contributed by atoms with Gasteiger partial charge in [-0.25, -0.2) is 4.98 Å². The quantitative estimate of drug-likeness (QED) is 0.636. The third kappa shape index (κ3) is 2.99. The summed E-state index contributed by atoms with van der Waals surface area (Å²) in [6.45, 7) is 0.802. The molecule has 0 radical (unpaired) electrons. The minimum Gasteiger partial charge on any atom is -0.381 e. The smallest absolute Gasteiger partial charge is 0.0813 e. The lowest BCUT2D eigenvalue weighted by Crippen LogP contribution is -1.99. The number of hydrogen-bond acceptors (Lipinski definition) is 3. The van der Waals surface area contributed by atoms with E-state index >= 15 is 0 Å². The first-order valence-corrected chi connectivity index (χ1v) is 8.20. The molecule has 0 saturated carbocycles. The van der Waals surface area contributed by atoms with Crippen molar-refractivity contribution in [1.29, 1.82) is 0 Å². The van der Waals surface area contributed by atoms with Crippen LogP contribution in [0.1, 0.15) is 5.56 Å². The number of anilines is 1. The molecule has 2 aromatic carbocycles. The summed E-state index contributed by atoms with van der Waals surface area (Å²) in [7, 11) is 0. The highest BCUT2D eigenvalue weighted by atomic mass is 79.9. The Kier molecular flexibility index (Phi) is 3.86. The number of aromatic nitrogens is 1. The third-order valence-electron chi connectivity index (χ3n) is 2.81. The van der Waals surface area contributed by atoms with Gasteiger partial charge in [-0.15, -0.1) is 11.3 Å². The zero-order valence-electron chi connectivity index (χ0n) is 9.86. The molecule has 5 heteroatoms. The molecular weight excluding hydrogens is 388 g/mol. The van der Waals surface area contributed by atoms with Crippen molar-refractivity contribution in [3.8, 4) is 0 Å². The van der Waals surface area contributed by atoms with Crippen LogP contribution in [-0.2, 0) is 6.54 Å². The number of halogens is 2. The average Bonchev–Trinajstić information content (AvgIpc) is 2.87. The second-order valence-corrected chi connectivity index (χ2v) is 6.73. The number of rotatable bonds is 3. The van der Waals surface area contributed by atoms with Gasteiger partial charge in [-0.2, -0.15) is 0 Å². The van der Waals surface area contributed by atoms with Crippen molar-refractivity contribution in [3.63, 3.8) is 0 Å². The maximum atomic E-state index is 4.28. The Hall–Kier alpha value is -0.910. The van der Waals surface area contributed by atoms with Crippen LogP contribution in [0.3, 0.4) is 0 Å². The van der Waals surface area contributed by atoms with Crippen LogP contribution < -0.4 is 5.32 Å². The molecular formula is C14H10Br2N2S. The predicted octanol–water partition coefficient (Wildman–Crippen LogP) is 5.43. The highest BCUT2D eigenvalue weighted by Gasteiger charge is 2.01. The molecule has 96 valence electrons. The van der Waals surface area contributed by atoms with E-state index in [-0.39, 0.29) is 0 Å². The second-order valence-electron chi connectivity index (χ2n) is 4.14. The van der Waals surface area contributed by atoms with Crippen molar-refractivity contribution in [2.45, 2.75) is 6.54 Å². The first kappa shape index (κ1) is 13.1. The molecule has 0 amide bonds. The fourth-order valence-electron chi connectivity index (χ4n) is 1.82. The largest absolute Gasteiger partial charge is 0.381 e.